The quantitative estimate of drug-likeness (QED) is 0.817. The zero-order valence-electron chi connectivity index (χ0n) is 10.2. The number of aliphatic carboxylic acids is 1. The van der Waals surface area contributed by atoms with Gasteiger partial charge in [0.15, 0.2) is 0 Å². The van der Waals surface area contributed by atoms with Crippen molar-refractivity contribution >= 4 is 17.7 Å². The number of carboxylic acid groups (broad SMARTS) is 1. The minimum atomic E-state index is -1.07. The van der Waals surface area contributed by atoms with Gasteiger partial charge in [-0.2, -0.15) is 0 Å². The molecule has 7 nitrogen and oxygen atoms in total. The van der Waals surface area contributed by atoms with Crippen LogP contribution in [0.15, 0.2) is 18.3 Å². The molecular formula is C11H15N3O4. The average molecular weight is 253 g/mol. The van der Waals surface area contributed by atoms with Crippen LogP contribution in [0.25, 0.3) is 0 Å². The first kappa shape index (κ1) is 13.8. The fourth-order valence-electron chi connectivity index (χ4n) is 1.18. The van der Waals surface area contributed by atoms with Gasteiger partial charge in [-0.25, -0.2) is 9.78 Å². The summed E-state index contributed by atoms with van der Waals surface area (Å²) in [6.07, 6.45) is 1.44. The maximum absolute atomic E-state index is 11.6. The van der Waals surface area contributed by atoms with Gasteiger partial charge in [0.25, 0.3) is 0 Å². The Labute approximate surface area is 104 Å². The molecule has 2 N–H and O–H groups in total. The molecule has 0 spiro atoms. The van der Waals surface area contributed by atoms with E-state index in [4.69, 9.17) is 9.84 Å². The van der Waals surface area contributed by atoms with Crippen LogP contribution in [0.4, 0.5) is 10.5 Å². The highest BCUT2D eigenvalue weighted by molar-refractivity contribution is 5.90. The molecular weight excluding hydrogens is 238 g/mol. The van der Waals surface area contributed by atoms with Crippen LogP contribution >= 0.6 is 0 Å². The van der Waals surface area contributed by atoms with Crippen LogP contribution in [0.5, 0.6) is 5.88 Å². The zero-order valence-corrected chi connectivity index (χ0v) is 10.2. The number of nitrogens with zero attached hydrogens (tertiary/aromatic N) is 2. The molecule has 0 aliphatic rings. The monoisotopic (exact) mass is 253 g/mol. The van der Waals surface area contributed by atoms with Gasteiger partial charge in [-0.15, -0.1) is 0 Å². The number of nitrogens with one attached hydrogen (secondary N) is 1. The number of aromatic nitrogens is 1. The van der Waals surface area contributed by atoms with Crippen LogP contribution in [0.1, 0.15) is 6.92 Å². The van der Waals surface area contributed by atoms with E-state index in [-0.39, 0.29) is 6.54 Å². The summed E-state index contributed by atoms with van der Waals surface area (Å²) in [6, 6.07) is 2.74. The van der Waals surface area contributed by atoms with Gasteiger partial charge < -0.3 is 20.1 Å². The normalized spacial score (nSPS) is 9.67. The summed E-state index contributed by atoms with van der Waals surface area (Å²) in [4.78, 5) is 27.0. The average Bonchev–Trinajstić information content (AvgIpc) is 2.31. The van der Waals surface area contributed by atoms with Crippen molar-refractivity contribution in [2.24, 2.45) is 0 Å². The Morgan fingerprint density at radius 1 is 1.50 bits per heavy atom. The molecule has 2 amide bonds. The SMILES string of the molecule is CCOc1ccc(NC(=O)N(C)CC(=O)O)cn1. The predicted octanol–water partition coefficient (Wildman–Crippen LogP) is 1.03. The number of rotatable bonds is 5. The number of hydrogen-bond acceptors (Lipinski definition) is 4. The van der Waals surface area contributed by atoms with Crippen molar-refractivity contribution in [1.82, 2.24) is 9.88 Å². The number of carboxylic acids is 1. The van der Waals surface area contributed by atoms with Gasteiger partial charge in [0.1, 0.15) is 6.54 Å². The van der Waals surface area contributed by atoms with Gasteiger partial charge in [0.05, 0.1) is 18.5 Å². The molecule has 0 unspecified atom stereocenters. The van der Waals surface area contributed by atoms with Gasteiger partial charge in [0.2, 0.25) is 5.88 Å². The van der Waals surface area contributed by atoms with E-state index in [1.807, 2.05) is 6.92 Å². The van der Waals surface area contributed by atoms with Gasteiger partial charge in [-0.1, -0.05) is 0 Å². The topological polar surface area (TPSA) is 91.8 Å². The summed E-state index contributed by atoms with van der Waals surface area (Å²) < 4.78 is 5.15. The Morgan fingerprint density at radius 2 is 2.22 bits per heavy atom. The van der Waals surface area contributed by atoms with Crippen LogP contribution < -0.4 is 10.1 Å². The Morgan fingerprint density at radius 3 is 2.72 bits per heavy atom. The number of likely N-dealkylation sites (N-methyl/N-ethyl adjacent to an activating group) is 1. The summed E-state index contributed by atoms with van der Waals surface area (Å²) in [5.74, 6) is -0.605. The van der Waals surface area contributed by atoms with Crippen LogP contribution in [-0.4, -0.2) is 47.2 Å². The number of hydrogen-bond donors (Lipinski definition) is 2. The summed E-state index contributed by atoms with van der Waals surface area (Å²) >= 11 is 0. The lowest BCUT2D eigenvalue weighted by Gasteiger charge is -2.15. The number of carbonyl (C=O) groups is 2. The third kappa shape index (κ3) is 4.28. The molecule has 0 aliphatic heterocycles. The third-order valence-corrected chi connectivity index (χ3v) is 2.00. The lowest BCUT2D eigenvalue weighted by Crippen LogP contribution is -2.35. The lowest BCUT2D eigenvalue weighted by molar-refractivity contribution is -0.137. The van der Waals surface area contributed by atoms with Crippen molar-refractivity contribution in [3.63, 3.8) is 0 Å². The number of amides is 2. The molecule has 18 heavy (non-hydrogen) atoms. The Hall–Kier alpha value is -2.31. The minimum Gasteiger partial charge on any atom is -0.480 e. The number of ether oxygens (including phenoxy) is 1. The van der Waals surface area contributed by atoms with Crippen LogP contribution in [0.3, 0.4) is 0 Å². The molecule has 0 fully saturated rings. The largest absolute Gasteiger partial charge is 0.480 e. The standard InChI is InChI=1S/C11H15N3O4/c1-3-18-9-5-4-8(6-12-9)13-11(17)14(2)7-10(15)16/h4-6H,3,7H2,1-2H3,(H,13,17)(H,15,16). The van der Waals surface area contributed by atoms with Gasteiger partial charge in [-0.05, 0) is 13.0 Å². The van der Waals surface area contributed by atoms with Gasteiger partial charge in [-0.3, -0.25) is 4.79 Å². The highest BCUT2D eigenvalue weighted by atomic mass is 16.5. The van der Waals surface area contributed by atoms with Crippen LogP contribution in [-0.2, 0) is 4.79 Å². The van der Waals surface area contributed by atoms with E-state index >= 15 is 0 Å². The van der Waals surface area contributed by atoms with E-state index in [0.29, 0.717) is 18.2 Å². The number of pyridine rings is 1. The molecule has 7 heteroatoms. The van der Waals surface area contributed by atoms with E-state index in [1.54, 1.807) is 12.1 Å². The highest BCUT2D eigenvalue weighted by Crippen LogP contribution is 2.11. The van der Waals surface area contributed by atoms with Crippen molar-refractivity contribution < 1.29 is 19.4 Å². The second kappa shape index (κ2) is 6.43. The third-order valence-electron chi connectivity index (χ3n) is 2.00. The summed E-state index contributed by atoms with van der Waals surface area (Å²) in [7, 11) is 1.39. The maximum Gasteiger partial charge on any atom is 0.323 e. The first-order valence-electron chi connectivity index (χ1n) is 5.35. The second-order valence-electron chi connectivity index (χ2n) is 3.50. The van der Waals surface area contributed by atoms with Crippen molar-refractivity contribution in [2.45, 2.75) is 6.92 Å². The minimum absolute atomic E-state index is 0.365. The summed E-state index contributed by atoms with van der Waals surface area (Å²) in [6.45, 7) is 1.99. The zero-order chi connectivity index (χ0) is 13.5. The molecule has 98 valence electrons. The summed E-state index contributed by atoms with van der Waals surface area (Å²) in [5.41, 5.74) is 0.473. The molecule has 0 aromatic carbocycles. The number of anilines is 1. The number of urea groups is 1. The van der Waals surface area contributed by atoms with E-state index < -0.39 is 12.0 Å². The molecule has 0 saturated carbocycles. The Bertz CT molecular complexity index is 419. The first-order valence-corrected chi connectivity index (χ1v) is 5.35. The molecule has 1 rings (SSSR count). The summed E-state index contributed by atoms with van der Waals surface area (Å²) in [5, 5.41) is 11.1. The lowest BCUT2D eigenvalue weighted by atomic mass is 10.4. The van der Waals surface area contributed by atoms with Gasteiger partial charge in [0, 0.05) is 13.1 Å². The Kier molecular flexibility index (Phi) is 4.91. The molecule has 1 aromatic heterocycles. The van der Waals surface area contributed by atoms with Crippen molar-refractivity contribution in [1.29, 1.82) is 0 Å². The van der Waals surface area contributed by atoms with Crippen molar-refractivity contribution in [2.75, 3.05) is 25.5 Å². The van der Waals surface area contributed by atoms with E-state index in [0.717, 1.165) is 4.90 Å². The van der Waals surface area contributed by atoms with E-state index in [1.165, 1.54) is 13.2 Å². The van der Waals surface area contributed by atoms with Crippen LogP contribution in [0.2, 0.25) is 0 Å². The fraction of sp³-hybridized carbons (Fsp3) is 0.364. The van der Waals surface area contributed by atoms with Crippen LogP contribution in [0, 0.1) is 0 Å². The molecule has 0 atom stereocenters. The molecule has 0 aliphatic carbocycles. The first-order chi connectivity index (χ1) is 8.52. The van der Waals surface area contributed by atoms with E-state index in [2.05, 4.69) is 10.3 Å². The van der Waals surface area contributed by atoms with Crippen molar-refractivity contribution in [3.8, 4) is 5.88 Å². The smallest absolute Gasteiger partial charge is 0.323 e. The predicted molar refractivity (Wildman–Crippen MR) is 64.7 cm³/mol. The fourth-order valence-corrected chi connectivity index (χ4v) is 1.18. The Balaban J connectivity index is 2.56. The van der Waals surface area contributed by atoms with Gasteiger partial charge >= 0.3 is 12.0 Å². The molecule has 1 heterocycles. The van der Waals surface area contributed by atoms with Crippen molar-refractivity contribution in [3.05, 3.63) is 18.3 Å². The second-order valence-corrected chi connectivity index (χ2v) is 3.50. The number of carbonyl (C=O) groups excluding carboxylic acids is 1. The molecule has 0 saturated heterocycles. The maximum atomic E-state index is 11.6. The molecule has 0 radical (unpaired) electrons. The highest BCUT2D eigenvalue weighted by Gasteiger charge is 2.11. The molecule has 1 aromatic rings. The van der Waals surface area contributed by atoms with E-state index in [9.17, 15) is 9.59 Å². The molecule has 0 bridgehead atoms.